The quantitative estimate of drug-likeness (QED) is 0.818. The Morgan fingerprint density at radius 2 is 2.06 bits per heavy atom. The SMILES string of the molecule is CC1(C)CN(CC2CCCCCCN2)CCS1. The molecular formula is C14H28N2S. The lowest BCUT2D eigenvalue weighted by Gasteiger charge is -2.39. The molecule has 0 amide bonds. The maximum atomic E-state index is 3.75. The summed E-state index contributed by atoms with van der Waals surface area (Å²) in [6, 6.07) is 0.745. The Labute approximate surface area is 111 Å². The molecule has 0 saturated carbocycles. The van der Waals surface area contributed by atoms with Crippen LogP contribution in [0.4, 0.5) is 0 Å². The van der Waals surface area contributed by atoms with E-state index in [0.717, 1.165) is 6.04 Å². The predicted octanol–water partition coefficient (Wildman–Crippen LogP) is 2.74. The molecule has 2 aliphatic rings. The van der Waals surface area contributed by atoms with Gasteiger partial charge in [-0.3, -0.25) is 4.90 Å². The molecule has 0 aliphatic carbocycles. The van der Waals surface area contributed by atoms with Gasteiger partial charge in [-0.15, -0.1) is 0 Å². The third-order valence-corrected chi connectivity index (χ3v) is 5.19. The van der Waals surface area contributed by atoms with Crippen LogP contribution in [-0.2, 0) is 0 Å². The standard InChI is InChI=1S/C14H28N2S/c1-14(2)12-16(9-10-17-14)11-13-7-5-3-4-6-8-15-13/h13,15H,3-12H2,1-2H3. The Balaban J connectivity index is 1.78. The van der Waals surface area contributed by atoms with Gasteiger partial charge in [-0.2, -0.15) is 11.8 Å². The van der Waals surface area contributed by atoms with Crippen molar-refractivity contribution in [1.82, 2.24) is 10.2 Å². The molecule has 1 N–H and O–H groups in total. The van der Waals surface area contributed by atoms with Crippen molar-refractivity contribution >= 4 is 11.8 Å². The summed E-state index contributed by atoms with van der Waals surface area (Å²) in [6.45, 7) is 9.81. The number of nitrogens with zero attached hydrogens (tertiary/aromatic N) is 1. The van der Waals surface area contributed by atoms with E-state index in [-0.39, 0.29) is 0 Å². The fraction of sp³-hybridized carbons (Fsp3) is 1.00. The molecule has 0 radical (unpaired) electrons. The third kappa shape index (κ3) is 4.80. The summed E-state index contributed by atoms with van der Waals surface area (Å²) in [5.74, 6) is 1.31. The molecule has 2 saturated heterocycles. The number of hydrogen-bond donors (Lipinski definition) is 1. The van der Waals surface area contributed by atoms with Crippen molar-refractivity contribution < 1.29 is 0 Å². The molecular weight excluding hydrogens is 228 g/mol. The lowest BCUT2D eigenvalue weighted by Crippen LogP contribution is -2.49. The van der Waals surface area contributed by atoms with E-state index < -0.39 is 0 Å². The topological polar surface area (TPSA) is 15.3 Å². The second-order valence-corrected chi connectivity index (χ2v) is 8.00. The van der Waals surface area contributed by atoms with Crippen molar-refractivity contribution in [2.45, 2.75) is 56.7 Å². The largest absolute Gasteiger partial charge is 0.313 e. The molecule has 17 heavy (non-hydrogen) atoms. The minimum atomic E-state index is 0.458. The average molecular weight is 256 g/mol. The Morgan fingerprint density at radius 3 is 2.88 bits per heavy atom. The van der Waals surface area contributed by atoms with E-state index in [0.29, 0.717) is 4.75 Å². The van der Waals surface area contributed by atoms with Crippen LogP contribution in [0.5, 0.6) is 0 Å². The monoisotopic (exact) mass is 256 g/mol. The van der Waals surface area contributed by atoms with Crippen LogP contribution in [0.1, 0.15) is 46.0 Å². The highest BCUT2D eigenvalue weighted by Crippen LogP contribution is 2.29. The maximum Gasteiger partial charge on any atom is 0.0231 e. The molecule has 2 rings (SSSR count). The van der Waals surface area contributed by atoms with Crippen LogP contribution < -0.4 is 5.32 Å². The second kappa shape index (κ2) is 6.44. The van der Waals surface area contributed by atoms with Gasteiger partial charge in [-0.1, -0.05) is 19.3 Å². The number of nitrogens with one attached hydrogen (secondary N) is 1. The highest BCUT2D eigenvalue weighted by Gasteiger charge is 2.28. The van der Waals surface area contributed by atoms with Crippen LogP contribution in [-0.4, -0.2) is 47.6 Å². The minimum absolute atomic E-state index is 0.458. The minimum Gasteiger partial charge on any atom is -0.313 e. The molecule has 2 fully saturated rings. The van der Waals surface area contributed by atoms with E-state index in [2.05, 4.69) is 35.8 Å². The molecule has 1 unspecified atom stereocenters. The first-order valence-electron chi connectivity index (χ1n) is 7.25. The van der Waals surface area contributed by atoms with Crippen LogP contribution >= 0.6 is 11.8 Å². The molecule has 3 heteroatoms. The maximum absolute atomic E-state index is 3.75. The Morgan fingerprint density at radius 1 is 1.24 bits per heavy atom. The zero-order chi connectivity index (χ0) is 12.1. The van der Waals surface area contributed by atoms with Gasteiger partial charge in [0.05, 0.1) is 0 Å². The zero-order valence-corrected chi connectivity index (χ0v) is 12.3. The van der Waals surface area contributed by atoms with Crippen LogP contribution in [0.15, 0.2) is 0 Å². The molecule has 2 nitrogen and oxygen atoms in total. The molecule has 0 aromatic heterocycles. The fourth-order valence-electron chi connectivity index (χ4n) is 3.02. The summed E-state index contributed by atoms with van der Waals surface area (Å²) in [7, 11) is 0. The predicted molar refractivity (Wildman–Crippen MR) is 77.9 cm³/mol. The van der Waals surface area contributed by atoms with Gasteiger partial charge >= 0.3 is 0 Å². The van der Waals surface area contributed by atoms with E-state index in [1.165, 1.54) is 64.0 Å². The van der Waals surface area contributed by atoms with E-state index in [9.17, 15) is 0 Å². The van der Waals surface area contributed by atoms with Gasteiger partial charge in [0.15, 0.2) is 0 Å². The summed E-state index contributed by atoms with van der Waals surface area (Å²) in [5, 5.41) is 3.75. The molecule has 100 valence electrons. The lowest BCUT2D eigenvalue weighted by atomic mass is 10.0. The van der Waals surface area contributed by atoms with Crippen molar-refractivity contribution in [3.63, 3.8) is 0 Å². The Bertz CT molecular complexity index is 222. The summed E-state index contributed by atoms with van der Waals surface area (Å²) in [4.78, 5) is 2.68. The van der Waals surface area contributed by atoms with Crippen LogP contribution in [0.25, 0.3) is 0 Å². The Kier molecular flexibility index (Phi) is 5.19. The molecule has 0 aromatic carbocycles. The van der Waals surface area contributed by atoms with Gasteiger partial charge in [0.2, 0.25) is 0 Å². The van der Waals surface area contributed by atoms with Gasteiger partial charge in [-0.25, -0.2) is 0 Å². The van der Waals surface area contributed by atoms with Crippen molar-refractivity contribution in [2.75, 3.05) is 31.9 Å². The third-order valence-electron chi connectivity index (χ3n) is 3.90. The lowest BCUT2D eigenvalue weighted by molar-refractivity contribution is 0.221. The van der Waals surface area contributed by atoms with Crippen molar-refractivity contribution in [3.05, 3.63) is 0 Å². The zero-order valence-electron chi connectivity index (χ0n) is 11.5. The highest BCUT2D eigenvalue weighted by molar-refractivity contribution is 8.00. The average Bonchev–Trinajstić information content (AvgIpc) is 2.20. The normalized spacial score (nSPS) is 31.8. The van der Waals surface area contributed by atoms with Crippen molar-refractivity contribution in [1.29, 1.82) is 0 Å². The van der Waals surface area contributed by atoms with E-state index in [1.54, 1.807) is 0 Å². The van der Waals surface area contributed by atoms with Crippen LogP contribution in [0, 0.1) is 0 Å². The highest BCUT2D eigenvalue weighted by atomic mass is 32.2. The van der Waals surface area contributed by atoms with E-state index in [4.69, 9.17) is 0 Å². The van der Waals surface area contributed by atoms with Crippen LogP contribution in [0.3, 0.4) is 0 Å². The van der Waals surface area contributed by atoms with Gasteiger partial charge in [0, 0.05) is 36.2 Å². The number of hydrogen-bond acceptors (Lipinski definition) is 3. The number of rotatable bonds is 2. The smallest absolute Gasteiger partial charge is 0.0231 e. The first-order chi connectivity index (χ1) is 8.16. The molecule has 0 spiro atoms. The Hall–Kier alpha value is 0.270. The van der Waals surface area contributed by atoms with Crippen molar-refractivity contribution in [2.24, 2.45) is 0 Å². The number of thioether (sulfide) groups is 1. The van der Waals surface area contributed by atoms with Gasteiger partial charge in [0.25, 0.3) is 0 Å². The summed E-state index contributed by atoms with van der Waals surface area (Å²) in [5.41, 5.74) is 0. The molecule has 0 aromatic rings. The molecule has 1 atom stereocenters. The summed E-state index contributed by atoms with van der Waals surface area (Å²) in [6.07, 6.45) is 7.04. The molecule has 2 aliphatic heterocycles. The van der Waals surface area contributed by atoms with Crippen LogP contribution in [0.2, 0.25) is 0 Å². The second-order valence-electron chi connectivity index (χ2n) is 6.20. The molecule has 2 heterocycles. The molecule has 0 bridgehead atoms. The fourth-order valence-corrected chi connectivity index (χ4v) is 4.19. The van der Waals surface area contributed by atoms with Crippen molar-refractivity contribution in [3.8, 4) is 0 Å². The first kappa shape index (κ1) is 13.7. The van der Waals surface area contributed by atoms with E-state index in [1.807, 2.05) is 0 Å². The van der Waals surface area contributed by atoms with Gasteiger partial charge < -0.3 is 5.32 Å². The van der Waals surface area contributed by atoms with Gasteiger partial charge in [0.1, 0.15) is 0 Å². The first-order valence-corrected chi connectivity index (χ1v) is 8.24. The summed E-state index contributed by atoms with van der Waals surface area (Å²) < 4.78 is 0.458. The van der Waals surface area contributed by atoms with Gasteiger partial charge in [-0.05, 0) is 33.2 Å². The van der Waals surface area contributed by atoms with E-state index >= 15 is 0 Å². The summed E-state index contributed by atoms with van der Waals surface area (Å²) >= 11 is 2.13.